The lowest BCUT2D eigenvalue weighted by Crippen LogP contribution is -2.36. The first-order valence-corrected chi connectivity index (χ1v) is 5.67. The lowest BCUT2D eigenvalue weighted by molar-refractivity contribution is 0.0919. The highest BCUT2D eigenvalue weighted by molar-refractivity contribution is 7.14. The molecule has 1 aromatic heterocycles. The first-order chi connectivity index (χ1) is 7.08. The van der Waals surface area contributed by atoms with Crippen LogP contribution in [-0.2, 0) is 0 Å². The standard InChI is InChI=1S/C10H16N2O2S/c1-3-7(5-13)12-10(14)9-4-8(11)6(2)15-9/h4,7,13H,3,5,11H2,1-2H3,(H,12,14). The SMILES string of the molecule is CCC(CO)NC(=O)c1cc(N)c(C)s1. The molecule has 84 valence electrons. The first kappa shape index (κ1) is 12.0. The van der Waals surface area contributed by atoms with Crippen molar-refractivity contribution in [2.75, 3.05) is 12.3 Å². The Morgan fingerprint density at radius 2 is 2.40 bits per heavy atom. The summed E-state index contributed by atoms with van der Waals surface area (Å²) in [5, 5.41) is 11.7. The summed E-state index contributed by atoms with van der Waals surface area (Å²) in [6.07, 6.45) is 0.710. The molecule has 5 heteroatoms. The molecule has 0 fully saturated rings. The van der Waals surface area contributed by atoms with Crippen molar-refractivity contribution >= 4 is 22.9 Å². The molecule has 4 N–H and O–H groups in total. The molecular formula is C10H16N2O2S. The number of carbonyl (C=O) groups excluding carboxylic acids is 1. The van der Waals surface area contributed by atoms with Gasteiger partial charge in [0.2, 0.25) is 0 Å². The Bertz CT molecular complexity index is 326. The zero-order valence-electron chi connectivity index (χ0n) is 8.91. The van der Waals surface area contributed by atoms with Gasteiger partial charge in [-0.1, -0.05) is 6.92 Å². The fraction of sp³-hybridized carbons (Fsp3) is 0.500. The Morgan fingerprint density at radius 1 is 1.73 bits per heavy atom. The molecule has 0 aliphatic carbocycles. The number of rotatable bonds is 4. The van der Waals surface area contributed by atoms with Crippen LogP contribution in [0.1, 0.15) is 27.9 Å². The number of nitrogen functional groups attached to an aromatic ring is 1. The lowest BCUT2D eigenvalue weighted by atomic mass is 10.2. The van der Waals surface area contributed by atoms with Crippen molar-refractivity contribution in [3.63, 3.8) is 0 Å². The number of carbonyl (C=O) groups is 1. The molecule has 1 heterocycles. The van der Waals surface area contributed by atoms with E-state index >= 15 is 0 Å². The van der Waals surface area contributed by atoms with Gasteiger partial charge in [-0.05, 0) is 19.4 Å². The van der Waals surface area contributed by atoms with E-state index in [0.29, 0.717) is 17.0 Å². The summed E-state index contributed by atoms with van der Waals surface area (Å²) in [6.45, 7) is 3.75. The predicted molar refractivity (Wildman–Crippen MR) is 62.1 cm³/mol. The van der Waals surface area contributed by atoms with Crippen LogP contribution in [0.2, 0.25) is 0 Å². The number of nitrogens with one attached hydrogen (secondary N) is 1. The molecular weight excluding hydrogens is 212 g/mol. The summed E-state index contributed by atoms with van der Waals surface area (Å²) >= 11 is 1.37. The zero-order valence-corrected chi connectivity index (χ0v) is 9.73. The number of aliphatic hydroxyl groups is 1. The third-order valence-corrected chi connectivity index (χ3v) is 3.29. The minimum Gasteiger partial charge on any atom is -0.398 e. The topological polar surface area (TPSA) is 75.3 Å². The molecule has 0 aromatic carbocycles. The monoisotopic (exact) mass is 228 g/mol. The Labute approximate surface area is 93.1 Å². The number of aliphatic hydroxyl groups excluding tert-OH is 1. The second-order valence-corrected chi connectivity index (χ2v) is 4.64. The minimum atomic E-state index is -0.180. The molecule has 0 saturated heterocycles. The van der Waals surface area contributed by atoms with E-state index in [1.165, 1.54) is 11.3 Å². The highest BCUT2D eigenvalue weighted by Gasteiger charge is 2.14. The zero-order chi connectivity index (χ0) is 11.4. The number of anilines is 1. The maximum atomic E-state index is 11.7. The maximum Gasteiger partial charge on any atom is 0.261 e. The highest BCUT2D eigenvalue weighted by Crippen LogP contribution is 2.23. The van der Waals surface area contributed by atoms with Crippen LogP contribution < -0.4 is 11.1 Å². The van der Waals surface area contributed by atoms with Crippen LogP contribution in [0, 0.1) is 6.92 Å². The number of thiophene rings is 1. The van der Waals surface area contributed by atoms with Gasteiger partial charge in [0.25, 0.3) is 5.91 Å². The number of nitrogens with two attached hydrogens (primary N) is 1. The number of hydrogen-bond acceptors (Lipinski definition) is 4. The van der Waals surface area contributed by atoms with Gasteiger partial charge in [-0.2, -0.15) is 0 Å². The molecule has 1 amide bonds. The molecule has 0 radical (unpaired) electrons. The van der Waals surface area contributed by atoms with Crippen molar-refractivity contribution in [1.29, 1.82) is 0 Å². The highest BCUT2D eigenvalue weighted by atomic mass is 32.1. The molecule has 4 nitrogen and oxygen atoms in total. The Kier molecular flexibility index (Phi) is 4.11. The van der Waals surface area contributed by atoms with Gasteiger partial charge in [-0.25, -0.2) is 0 Å². The molecule has 0 saturated carbocycles. The van der Waals surface area contributed by atoms with Crippen molar-refractivity contribution in [2.24, 2.45) is 0 Å². The maximum absolute atomic E-state index is 11.7. The second kappa shape index (κ2) is 5.14. The normalized spacial score (nSPS) is 12.5. The summed E-state index contributed by atoms with van der Waals surface area (Å²) in [6, 6.07) is 1.49. The quantitative estimate of drug-likeness (QED) is 0.723. The third kappa shape index (κ3) is 2.94. The van der Waals surface area contributed by atoms with Gasteiger partial charge in [0.15, 0.2) is 0 Å². The van der Waals surface area contributed by atoms with E-state index in [2.05, 4.69) is 5.32 Å². The van der Waals surface area contributed by atoms with Crippen molar-refractivity contribution in [2.45, 2.75) is 26.3 Å². The second-order valence-electron chi connectivity index (χ2n) is 3.38. The van der Waals surface area contributed by atoms with Crippen LogP contribution in [0.15, 0.2) is 6.07 Å². The molecule has 1 aromatic rings. The molecule has 0 spiro atoms. The largest absolute Gasteiger partial charge is 0.398 e. The van der Waals surface area contributed by atoms with Gasteiger partial charge in [0.05, 0.1) is 17.5 Å². The third-order valence-electron chi connectivity index (χ3n) is 2.23. The van der Waals surface area contributed by atoms with Crippen LogP contribution in [0.5, 0.6) is 0 Å². The molecule has 0 bridgehead atoms. The van der Waals surface area contributed by atoms with Crippen molar-refractivity contribution in [1.82, 2.24) is 5.32 Å². The summed E-state index contributed by atoms with van der Waals surface area (Å²) in [7, 11) is 0. The molecule has 1 rings (SSSR count). The Morgan fingerprint density at radius 3 is 2.80 bits per heavy atom. The Balaban J connectivity index is 2.68. The van der Waals surface area contributed by atoms with Crippen molar-refractivity contribution in [3.05, 3.63) is 15.8 Å². The van der Waals surface area contributed by atoms with Crippen LogP contribution in [0.4, 0.5) is 5.69 Å². The lowest BCUT2D eigenvalue weighted by Gasteiger charge is -2.12. The van der Waals surface area contributed by atoms with Gasteiger partial charge in [0, 0.05) is 10.6 Å². The summed E-state index contributed by atoms with van der Waals surface area (Å²) < 4.78 is 0. The minimum absolute atomic E-state index is 0.0396. The van der Waals surface area contributed by atoms with Gasteiger partial charge in [-0.3, -0.25) is 4.79 Å². The van der Waals surface area contributed by atoms with Gasteiger partial charge in [-0.15, -0.1) is 11.3 Å². The molecule has 1 unspecified atom stereocenters. The fourth-order valence-corrected chi connectivity index (χ4v) is 1.99. The summed E-state index contributed by atoms with van der Waals surface area (Å²) in [4.78, 5) is 13.2. The summed E-state index contributed by atoms with van der Waals surface area (Å²) in [5.41, 5.74) is 6.30. The van der Waals surface area contributed by atoms with Crippen LogP contribution in [0.25, 0.3) is 0 Å². The fourth-order valence-electron chi connectivity index (χ4n) is 1.14. The van der Waals surface area contributed by atoms with E-state index in [1.807, 2.05) is 13.8 Å². The molecule has 1 atom stereocenters. The first-order valence-electron chi connectivity index (χ1n) is 4.86. The van der Waals surface area contributed by atoms with E-state index in [4.69, 9.17) is 10.8 Å². The molecule has 15 heavy (non-hydrogen) atoms. The number of aryl methyl sites for hydroxylation is 1. The van der Waals surface area contributed by atoms with E-state index in [9.17, 15) is 4.79 Å². The van der Waals surface area contributed by atoms with Gasteiger partial charge < -0.3 is 16.2 Å². The Hall–Kier alpha value is -1.07. The van der Waals surface area contributed by atoms with Crippen molar-refractivity contribution < 1.29 is 9.90 Å². The van der Waals surface area contributed by atoms with E-state index in [-0.39, 0.29) is 18.6 Å². The average molecular weight is 228 g/mol. The smallest absolute Gasteiger partial charge is 0.261 e. The van der Waals surface area contributed by atoms with E-state index < -0.39 is 0 Å². The van der Waals surface area contributed by atoms with E-state index in [0.717, 1.165) is 4.88 Å². The van der Waals surface area contributed by atoms with Gasteiger partial charge in [0.1, 0.15) is 0 Å². The van der Waals surface area contributed by atoms with Crippen LogP contribution >= 0.6 is 11.3 Å². The van der Waals surface area contributed by atoms with Crippen LogP contribution in [-0.4, -0.2) is 23.7 Å². The van der Waals surface area contributed by atoms with E-state index in [1.54, 1.807) is 6.07 Å². The average Bonchev–Trinajstić information content (AvgIpc) is 2.55. The van der Waals surface area contributed by atoms with Gasteiger partial charge >= 0.3 is 0 Å². The summed E-state index contributed by atoms with van der Waals surface area (Å²) in [5.74, 6) is -0.166. The van der Waals surface area contributed by atoms with Crippen molar-refractivity contribution in [3.8, 4) is 0 Å². The predicted octanol–water partition coefficient (Wildman–Crippen LogP) is 1.14. The number of amides is 1. The van der Waals surface area contributed by atoms with Crippen LogP contribution in [0.3, 0.4) is 0 Å². The molecule has 0 aliphatic heterocycles. The molecule has 0 aliphatic rings. The number of hydrogen-bond donors (Lipinski definition) is 3.